The van der Waals surface area contributed by atoms with Crippen LogP contribution in [0.4, 0.5) is 5.69 Å². The first-order chi connectivity index (χ1) is 9.74. The lowest BCUT2D eigenvalue weighted by molar-refractivity contribution is 0.129. The van der Waals surface area contributed by atoms with Gasteiger partial charge in [0.05, 0.1) is 17.3 Å². The fraction of sp³-hybridized carbons (Fsp3) is 0.438. The molecule has 1 aromatic heterocycles. The zero-order valence-electron chi connectivity index (χ0n) is 12.4. The second-order valence-electron chi connectivity index (χ2n) is 4.89. The molecule has 1 unspecified atom stereocenters. The van der Waals surface area contributed by atoms with E-state index < -0.39 is 0 Å². The Morgan fingerprint density at radius 3 is 2.85 bits per heavy atom. The highest BCUT2D eigenvalue weighted by Crippen LogP contribution is 2.23. The smallest absolute Gasteiger partial charge is 0.0726 e. The predicted octanol–water partition coefficient (Wildman–Crippen LogP) is 2.79. The fourth-order valence-electron chi connectivity index (χ4n) is 2.06. The Balaban J connectivity index is 2.28. The van der Waals surface area contributed by atoms with Gasteiger partial charge in [0, 0.05) is 31.3 Å². The van der Waals surface area contributed by atoms with Crippen LogP contribution in [0, 0.1) is 0 Å². The van der Waals surface area contributed by atoms with E-state index in [1.807, 2.05) is 12.1 Å². The fourth-order valence-corrected chi connectivity index (χ4v) is 2.06. The monoisotopic (exact) mass is 273 g/mol. The van der Waals surface area contributed by atoms with E-state index in [9.17, 15) is 0 Å². The number of pyridine rings is 1. The van der Waals surface area contributed by atoms with Gasteiger partial charge in [0.2, 0.25) is 0 Å². The number of para-hydroxylation sites is 1. The van der Waals surface area contributed by atoms with Gasteiger partial charge in [-0.05, 0) is 25.6 Å². The number of benzene rings is 1. The summed E-state index contributed by atoms with van der Waals surface area (Å²) in [5, 5.41) is 7.93. The van der Waals surface area contributed by atoms with Crippen molar-refractivity contribution in [1.82, 2.24) is 10.3 Å². The largest absolute Gasteiger partial charge is 0.382 e. The Bertz CT molecular complexity index is 556. The van der Waals surface area contributed by atoms with Crippen LogP contribution in [0.15, 0.2) is 30.3 Å². The number of ether oxygens (including phenoxy) is 1. The second-order valence-corrected chi connectivity index (χ2v) is 4.89. The van der Waals surface area contributed by atoms with Gasteiger partial charge in [-0.1, -0.05) is 25.1 Å². The first kappa shape index (κ1) is 14.8. The number of aromatic nitrogens is 1. The van der Waals surface area contributed by atoms with Gasteiger partial charge in [-0.3, -0.25) is 4.98 Å². The van der Waals surface area contributed by atoms with Crippen LogP contribution in [0.5, 0.6) is 0 Å². The second kappa shape index (κ2) is 7.22. The molecule has 4 nitrogen and oxygen atoms in total. The molecule has 0 aliphatic carbocycles. The molecule has 0 bridgehead atoms. The molecule has 2 aromatic rings. The van der Waals surface area contributed by atoms with Gasteiger partial charge in [0.15, 0.2) is 0 Å². The SMILES string of the molecule is CCNCc1cc(NCC(C)OC)c2ccccc2n1. The molecule has 1 atom stereocenters. The van der Waals surface area contributed by atoms with Crippen LogP contribution in [0.1, 0.15) is 19.5 Å². The molecule has 1 aromatic carbocycles. The van der Waals surface area contributed by atoms with Crippen molar-refractivity contribution in [2.75, 3.05) is 25.5 Å². The van der Waals surface area contributed by atoms with Gasteiger partial charge >= 0.3 is 0 Å². The van der Waals surface area contributed by atoms with E-state index in [1.165, 1.54) is 0 Å². The zero-order chi connectivity index (χ0) is 14.4. The molecule has 0 aliphatic rings. The molecule has 2 N–H and O–H groups in total. The lowest BCUT2D eigenvalue weighted by Crippen LogP contribution is -2.19. The molecule has 0 fully saturated rings. The van der Waals surface area contributed by atoms with Crippen LogP contribution in [0.2, 0.25) is 0 Å². The summed E-state index contributed by atoms with van der Waals surface area (Å²) in [5.74, 6) is 0. The molecule has 2 rings (SSSR count). The molecule has 0 amide bonds. The summed E-state index contributed by atoms with van der Waals surface area (Å²) in [7, 11) is 1.73. The van der Waals surface area contributed by atoms with E-state index in [-0.39, 0.29) is 6.10 Å². The van der Waals surface area contributed by atoms with E-state index >= 15 is 0 Å². The van der Waals surface area contributed by atoms with Crippen LogP contribution < -0.4 is 10.6 Å². The summed E-state index contributed by atoms with van der Waals surface area (Å²) in [5.41, 5.74) is 3.20. The molecular weight excluding hydrogens is 250 g/mol. The maximum absolute atomic E-state index is 5.29. The first-order valence-corrected chi connectivity index (χ1v) is 7.10. The van der Waals surface area contributed by atoms with Crippen LogP contribution in [0.3, 0.4) is 0 Å². The number of anilines is 1. The maximum Gasteiger partial charge on any atom is 0.0726 e. The van der Waals surface area contributed by atoms with E-state index in [1.54, 1.807) is 7.11 Å². The minimum Gasteiger partial charge on any atom is -0.382 e. The first-order valence-electron chi connectivity index (χ1n) is 7.10. The Kier molecular flexibility index (Phi) is 5.32. The van der Waals surface area contributed by atoms with Crippen molar-refractivity contribution in [3.63, 3.8) is 0 Å². The minimum atomic E-state index is 0.180. The van der Waals surface area contributed by atoms with E-state index in [4.69, 9.17) is 4.74 Å². The Morgan fingerprint density at radius 2 is 2.10 bits per heavy atom. The number of hydrogen-bond donors (Lipinski definition) is 2. The van der Waals surface area contributed by atoms with Crippen molar-refractivity contribution in [3.05, 3.63) is 36.0 Å². The van der Waals surface area contributed by atoms with Gasteiger partial charge in [0.25, 0.3) is 0 Å². The normalized spacial score (nSPS) is 12.6. The maximum atomic E-state index is 5.29. The summed E-state index contributed by atoms with van der Waals surface area (Å²) in [4.78, 5) is 4.69. The zero-order valence-corrected chi connectivity index (χ0v) is 12.4. The Morgan fingerprint density at radius 1 is 1.30 bits per heavy atom. The summed E-state index contributed by atoms with van der Waals surface area (Å²) < 4.78 is 5.29. The topological polar surface area (TPSA) is 46.2 Å². The Hall–Kier alpha value is -1.65. The van der Waals surface area contributed by atoms with Crippen molar-refractivity contribution in [1.29, 1.82) is 0 Å². The van der Waals surface area contributed by atoms with Gasteiger partial charge < -0.3 is 15.4 Å². The van der Waals surface area contributed by atoms with E-state index in [2.05, 4.69) is 47.7 Å². The molecule has 4 heteroatoms. The molecular formula is C16H23N3O. The molecule has 0 spiro atoms. The summed E-state index contributed by atoms with van der Waals surface area (Å²) in [6.45, 7) is 6.66. The quantitative estimate of drug-likeness (QED) is 0.814. The lowest BCUT2D eigenvalue weighted by atomic mass is 10.1. The number of nitrogens with zero attached hydrogens (tertiary/aromatic N) is 1. The van der Waals surface area contributed by atoms with Crippen molar-refractivity contribution < 1.29 is 4.74 Å². The average Bonchev–Trinajstić information content (AvgIpc) is 2.50. The average molecular weight is 273 g/mol. The van der Waals surface area contributed by atoms with E-state index in [0.29, 0.717) is 0 Å². The number of hydrogen-bond acceptors (Lipinski definition) is 4. The predicted molar refractivity (Wildman–Crippen MR) is 84.1 cm³/mol. The molecule has 0 saturated heterocycles. The van der Waals surface area contributed by atoms with E-state index in [0.717, 1.165) is 41.9 Å². The molecule has 1 heterocycles. The Labute approximate surface area is 120 Å². The lowest BCUT2D eigenvalue weighted by Gasteiger charge is -2.15. The molecule has 0 aliphatic heterocycles. The summed E-state index contributed by atoms with van der Waals surface area (Å²) in [6.07, 6.45) is 0.180. The molecule has 108 valence electrons. The van der Waals surface area contributed by atoms with Gasteiger partial charge in [-0.15, -0.1) is 0 Å². The van der Waals surface area contributed by atoms with Gasteiger partial charge in [-0.2, -0.15) is 0 Å². The highest BCUT2D eigenvalue weighted by Gasteiger charge is 2.06. The highest BCUT2D eigenvalue weighted by molar-refractivity contribution is 5.91. The number of fused-ring (bicyclic) bond motifs is 1. The van der Waals surface area contributed by atoms with Crippen molar-refractivity contribution in [2.24, 2.45) is 0 Å². The molecule has 0 radical (unpaired) electrons. The van der Waals surface area contributed by atoms with Crippen molar-refractivity contribution >= 4 is 16.6 Å². The standard InChI is InChI=1S/C16H23N3O/c1-4-17-11-13-9-16(18-10-12(2)20-3)14-7-5-6-8-15(14)19-13/h5-9,12,17H,4,10-11H2,1-3H3,(H,18,19). The van der Waals surface area contributed by atoms with Crippen LogP contribution in [0.25, 0.3) is 10.9 Å². The molecule has 0 saturated carbocycles. The summed E-state index contributed by atoms with van der Waals surface area (Å²) in [6, 6.07) is 10.3. The van der Waals surface area contributed by atoms with Crippen LogP contribution >= 0.6 is 0 Å². The third-order valence-corrected chi connectivity index (χ3v) is 3.31. The van der Waals surface area contributed by atoms with Crippen LogP contribution in [-0.4, -0.2) is 31.3 Å². The summed E-state index contributed by atoms with van der Waals surface area (Å²) >= 11 is 0. The van der Waals surface area contributed by atoms with Crippen molar-refractivity contribution in [2.45, 2.75) is 26.5 Å². The number of nitrogens with one attached hydrogen (secondary N) is 2. The molecule has 20 heavy (non-hydrogen) atoms. The number of rotatable bonds is 7. The van der Waals surface area contributed by atoms with Gasteiger partial charge in [0.1, 0.15) is 0 Å². The van der Waals surface area contributed by atoms with Crippen LogP contribution in [-0.2, 0) is 11.3 Å². The van der Waals surface area contributed by atoms with Crippen molar-refractivity contribution in [3.8, 4) is 0 Å². The van der Waals surface area contributed by atoms with Gasteiger partial charge in [-0.25, -0.2) is 0 Å². The number of methoxy groups -OCH3 is 1. The third kappa shape index (κ3) is 3.68. The highest BCUT2D eigenvalue weighted by atomic mass is 16.5. The minimum absolute atomic E-state index is 0.180. The third-order valence-electron chi connectivity index (χ3n) is 3.31.